The van der Waals surface area contributed by atoms with E-state index in [9.17, 15) is 13.2 Å². The number of hydrogen-bond acceptors (Lipinski definition) is 4. The van der Waals surface area contributed by atoms with E-state index in [1.54, 1.807) is 13.2 Å². The second kappa shape index (κ2) is 10.2. The van der Waals surface area contributed by atoms with Crippen LogP contribution in [0.15, 0.2) is 48.5 Å². The molecule has 1 unspecified atom stereocenters. The molecule has 2 aromatic rings. The van der Waals surface area contributed by atoms with Crippen LogP contribution in [0, 0.1) is 0 Å². The van der Waals surface area contributed by atoms with Crippen molar-refractivity contribution in [2.45, 2.75) is 25.2 Å². The summed E-state index contributed by atoms with van der Waals surface area (Å²) in [6.45, 7) is 4.26. The molecule has 0 saturated carbocycles. The molecule has 1 aliphatic heterocycles. The first kappa shape index (κ1) is 23.3. The van der Waals surface area contributed by atoms with E-state index in [0.717, 1.165) is 17.4 Å². The topological polar surface area (TPSA) is 33.7 Å². The molecule has 1 aliphatic rings. The third-order valence-electron chi connectivity index (χ3n) is 4.92. The Morgan fingerprint density at radius 1 is 1.21 bits per heavy atom. The van der Waals surface area contributed by atoms with Crippen molar-refractivity contribution in [3.05, 3.63) is 59.7 Å². The lowest BCUT2D eigenvalue weighted by atomic mass is 10.1. The number of nitrogens with zero attached hydrogens (tertiary/aromatic N) is 1. The van der Waals surface area contributed by atoms with Gasteiger partial charge in [0.15, 0.2) is 0 Å². The number of alkyl halides is 3. The summed E-state index contributed by atoms with van der Waals surface area (Å²) in [5.74, 6) is 0.802. The number of benzene rings is 2. The monoisotopic (exact) mass is 430 g/mol. The fraction of sp³-hybridized carbons (Fsp3) is 0.429. The van der Waals surface area contributed by atoms with Gasteiger partial charge in [0, 0.05) is 31.4 Å². The Morgan fingerprint density at radius 3 is 2.69 bits per heavy atom. The van der Waals surface area contributed by atoms with Crippen molar-refractivity contribution >= 4 is 18.1 Å². The number of rotatable bonds is 6. The number of morpholine rings is 1. The molecule has 1 heterocycles. The summed E-state index contributed by atoms with van der Waals surface area (Å²) in [4.78, 5) is 1.95. The predicted octanol–water partition coefficient (Wildman–Crippen LogP) is 4.69. The first-order valence-electron chi connectivity index (χ1n) is 9.28. The molecule has 8 heteroatoms. The number of nitrogens with one attached hydrogen (secondary N) is 1. The van der Waals surface area contributed by atoms with E-state index in [0.29, 0.717) is 31.9 Å². The number of halogens is 4. The molecule has 0 spiro atoms. The summed E-state index contributed by atoms with van der Waals surface area (Å²) in [5, 5.41) is 3.44. The zero-order valence-electron chi connectivity index (χ0n) is 16.4. The summed E-state index contributed by atoms with van der Waals surface area (Å²) >= 11 is 0. The van der Waals surface area contributed by atoms with Crippen LogP contribution in [0.25, 0.3) is 0 Å². The van der Waals surface area contributed by atoms with Crippen molar-refractivity contribution in [3.8, 4) is 5.75 Å². The van der Waals surface area contributed by atoms with Crippen molar-refractivity contribution in [1.82, 2.24) is 5.32 Å². The van der Waals surface area contributed by atoms with E-state index in [1.165, 1.54) is 12.1 Å². The lowest BCUT2D eigenvalue weighted by Gasteiger charge is -2.35. The van der Waals surface area contributed by atoms with Crippen molar-refractivity contribution in [3.63, 3.8) is 0 Å². The first-order chi connectivity index (χ1) is 13.4. The zero-order chi connectivity index (χ0) is 20.1. The second-order valence-electron chi connectivity index (χ2n) is 6.89. The van der Waals surface area contributed by atoms with Crippen LogP contribution in [0.1, 0.15) is 24.1 Å². The average molecular weight is 431 g/mol. The van der Waals surface area contributed by atoms with Crippen molar-refractivity contribution < 1.29 is 22.6 Å². The summed E-state index contributed by atoms with van der Waals surface area (Å²) in [6.07, 6.45) is -4.44. The second-order valence-corrected chi connectivity index (χ2v) is 6.89. The molecule has 0 radical (unpaired) electrons. The van der Waals surface area contributed by atoms with Crippen LogP contribution in [0.4, 0.5) is 18.9 Å². The maximum Gasteiger partial charge on any atom is 0.416 e. The molecule has 4 nitrogen and oxygen atoms in total. The van der Waals surface area contributed by atoms with E-state index in [-0.39, 0.29) is 24.6 Å². The lowest BCUT2D eigenvalue weighted by molar-refractivity contribution is -0.137. The summed E-state index contributed by atoms with van der Waals surface area (Å²) in [5.41, 5.74) is 1.05. The van der Waals surface area contributed by atoms with E-state index in [1.807, 2.05) is 29.2 Å². The maximum absolute atomic E-state index is 13.0. The van der Waals surface area contributed by atoms with Gasteiger partial charge in [-0.1, -0.05) is 18.2 Å². The van der Waals surface area contributed by atoms with Gasteiger partial charge in [-0.05, 0) is 42.8 Å². The van der Waals surface area contributed by atoms with Crippen LogP contribution >= 0.6 is 12.4 Å². The molecule has 2 atom stereocenters. The molecule has 0 aromatic heterocycles. The van der Waals surface area contributed by atoms with Gasteiger partial charge in [-0.2, -0.15) is 13.2 Å². The van der Waals surface area contributed by atoms with Gasteiger partial charge in [0.2, 0.25) is 0 Å². The maximum atomic E-state index is 13.0. The Balaban J connectivity index is 0.00000300. The minimum absolute atomic E-state index is 0. The van der Waals surface area contributed by atoms with Gasteiger partial charge in [0.1, 0.15) is 5.75 Å². The predicted molar refractivity (Wildman–Crippen MR) is 110 cm³/mol. The highest BCUT2D eigenvalue weighted by atomic mass is 35.5. The quantitative estimate of drug-likeness (QED) is 0.720. The van der Waals surface area contributed by atoms with Crippen LogP contribution < -0.4 is 15.0 Å². The molecule has 3 rings (SSSR count). The zero-order valence-corrected chi connectivity index (χ0v) is 17.2. The number of methoxy groups -OCH3 is 1. The van der Waals surface area contributed by atoms with Gasteiger partial charge in [-0.25, -0.2) is 0 Å². The smallest absolute Gasteiger partial charge is 0.416 e. The SMILES string of the molecule is COc1cccc([C@@H](C)NCC2CN(c3cccc(C(F)(F)F)c3)CCO2)c1.Cl. The van der Waals surface area contributed by atoms with Crippen LogP contribution in [-0.2, 0) is 10.9 Å². The van der Waals surface area contributed by atoms with E-state index >= 15 is 0 Å². The highest BCUT2D eigenvalue weighted by Gasteiger charge is 2.31. The average Bonchev–Trinajstić information content (AvgIpc) is 2.71. The molecule has 160 valence electrons. The number of hydrogen-bond donors (Lipinski definition) is 1. The summed E-state index contributed by atoms with van der Waals surface area (Å²) < 4.78 is 50.0. The summed E-state index contributed by atoms with van der Waals surface area (Å²) in [7, 11) is 1.63. The van der Waals surface area contributed by atoms with E-state index in [2.05, 4.69) is 12.2 Å². The van der Waals surface area contributed by atoms with E-state index < -0.39 is 11.7 Å². The molecule has 0 bridgehead atoms. The van der Waals surface area contributed by atoms with Gasteiger partial charge in [0.05, 0.1) is 25.4 Å². The Bertz CT molecular complexity index is 789. The number of anilines is 1. The van der Waals surface area contributed by atoms with Crippen LogP contribution in [0.2, 0.25) is 0 Å². The summed E-state index contributed by atoms with van der Waals surface area (Å²) in [6, 6.07) is 13.4. The normalized spacial score (nSPS) is 18.1. The van der Waals surface area contributed by atoms with Crippen molar-refractivity contribution in [1.29, 1.82) is 0 Å². The fourth-order valence-corrected chi connectivity index (χ4v) is 3.29. The van der Waals surface area contributed by atoms with Gasteiger partial charge in [0.25, 0.3) is 0 Å². The van der Waals surface area contributed by atoms with Crippen LogP contribution in [-0.4, -0.2) is 39.5 Å². The molecule has 1 saturated heterocycles. The third-order valence-corrected chi connectivity index (χ3v) is 4.92. The van der Waals surface area contributed by atoms with Crippen LogP contribution in [0.5, 0.6) is 5.75 Å². The molecule has 1 N–H and O–H groups in total. The molecule has 0 amide bonds. The molecule has 2 aromatic carbocycles. The Morgan fingerprint density at radius 2 is 1.97 bits per heavy atom. The number of ether oxygens (including phenoxy) is 2. The molecular weight excluding hydrogens is 405 g/mol. The Labute approximate surface area is 175 Å². The molecular formula is C21H26ClF3N2O2. The molecule has 29 heavy (non-hydrogen) atoms. The minimum Gasteiger partial charge on any atom is -0.497 e. The van der Waals surface area contributed by atoms with Gasteiger partial charge in [-0.15, -0.1) is 12.4 Å². The largest absolute Gasteiger partial charge is 0.497 e. The minimum atomic E-state index is -4.34. The standard InChI is InChI=1S/C21H25F3N2O2.ClH/c1-15(16-5-3-8-19(11-16)27-2)25-13-20-14-26(9-10-28-20)18-7-4-6-17(12-18)21(22,23)24;/h3-8,11-12,15,20,25H,9-10,13-14H2,1-2H3;1H/t15-,20?;/m1./s1. The van der Waals surface area contributed by atoms with Gasteiger partial charge >= 0.3 is 6.18 Å². The van der Waals surface area contributed by atoms with Crippen LogP contribution in [0.3, 0.4) is 0 Å². The highest BCUT2D eigenvalue weighted by molar-refractivity contribution is 5.85. The Hall–Kier alpha value is -1.96. The van der Waals surface area contributed by atoms with Gasteiger partial charge in [-0.3, -0.25) is 0 Å². The highest BCUT2D eigenvalue weighted by Crippen LogP contribution is 2.32. The first-order valence-corrected chi connectivity index (χ1v) is 9.28. The molecule has 1 fully saturated rings. The van der Waals surface area contributed by atoms with Gasteiger partial charge < -0.3 is 19.7 Å². The fourth-order valence-electron chi connectivity index (χ4n) is 3.29. The molecule has 0 aliphatic carbocycles. The van der Waals surface area contributed by atoms with E-state index in [4.69, 9.17) is 9.47 Å². The van der Waals surface area contributed by atoms with Crippen molar-refractivity contribution in [2.24, 2.45) is 0 Å². The Kier molecular flexibility index (Phi) is 8.19. The third kappa shape index (κ3) is 6.26. The van der Waals surface area contributed by atoms with Crippen molar-refractivity contribution in [2.75, 3.05) is 38.3 Å². The lowest BCUT2D eigenvalue weighted by Crippen LogP contribution is -2.47.